The second-order valence-corrected chi connectivity index (χ2v) is 8.84. The van der Waals surface area contributed by atoms with Crippen molar-refractivity contribution in [2.45, 2.75) is 20.3 Å². The maximum atomic E-state index is 2.37. The van der Waals surface area contributed by atoms with E-state index < -0.39 is 0 Å². The van der Waals surface area contributed by atoms with Crippen molar-refractivity contribution in [2.75, 3.05) is 0 Å². The molecule has 33 heavy (non-hydrogen) atoms. The molecule has 0 nitrogen and oxygen atoms in total. The molecular formula is C33H26. The van der Waals surface area contributed by atoms with Crippen molar-refractivity contribution in [3.05, 3.63) is 120 Å². The van der Waals surface area contributed by atoms with Gasteiger partial charge in [-0.3, -0.25) is 0 Å². The Morgan fingerprint density at radius 3 is 1.97 bits per heavy atom. The highest BCUT2D eigenvalue weighted by Gasteiger charge is 2.20. The Labute approximate surface area is 195 Å². The summed E-state index contributed by atoms with van der Waals surface area (Å²) in [5.41, 5.74) is 8.15. The van der Waals surface area contributed by atoms with E-state index in [2.05, 4.69) is 123 Å². The van der Waals surface area contributed by atoms with Crippen molar-refractivity contribution < 1.29 is 0 Å². The molecule has 0 unspecified atom stereocenters. The Kier molecular flexibility index (Phi) is 4.73. The smallest absolute Gasteiger partial charge is 0.00176 e. The lowest BCUT2D eigenvalue weighted by Crippen LogP contribution is -1.99. The molecule has 0 aliphatic carbocycles. The summed E-state index contributed by atoms with van der Waals surface area (Å²) in [4.78, 5) is 0. The van der Waals surface area contributed by atoms with Crippen LogP contribution in [0.5, 0.6) is 0 Å². The number of hydrogen-bond acceptors (Lipinski definition) is 0. The van der Waals surface area contributed by atoms with Gasteiger partial charge in [-0.2, -0.15) is 0 Å². The van der Waals surface area contributed by atoms with E-state index in [1.54, 1.807) is 0 Å². The van der Waals surface area contributed by atoms with Crippen LogP contribution in [0, 0.1) is 6.92 Å². The van der Waals surface area contributed by atoms with E-state index in [0.717, 1.165) is 6.42 Å². The third kappa shape index (κ3) is 3.14. The Balaban J connectivity index is 1.83. The molecule has 0 aliphatic heterocycles. The molecule has 0 spiro atoms. The summed E-state index contributed by atoms with van der Waals surface area (Å²) in [6, 6.07) is 39.9. The van der Waals surface area contributed by atoms with Crippen molar-refractivity contribution in [1.82, 2.24) is 0 Å². The molecule has 0 fully saturated rings. The van der Waals surface area contributed by atoms with Crippen LogP contribution < -0.4 is 0 Å². The van der Waals surface area contributed by atoms with Gasteiger partial charge in [0.2, 0.25) is 0 Å². The molecule has 0 amide bonds. The minimum Gasteiger partial charge on any atom is -0.0622 e. The standard InChI is InChI=1S/C33H26/c1-3-28-22(2)31(25-13-5-4-6-14-25)30-20-19-24-12-9-10-16-29(24)33(30)32(28)27-18-17-23-11-7-8-15-26(23)21-27/h4-21H,3H2,1-2H3. The molecule has 0 aromatic heterocycles. The van der Waals surface area contributed by atoms with Gasteiger partial charge < -0.3 is 0 Å². The van der Waals surface area contributed by atoms with E-state index in [-0.39, 0.29) is 0 Å². The number of benzene rings is 6. The summed E-state index contributed by atoms with van der Waals surface area (Å²) in [5, 5.41) is 7.88. The summed E-state index contributed by atoms with van der Waals surface area (Å²) >= 11 is 0. The predicted molar refractivity (Wildman–Crippen MR) is 144 cm³/mol. The second kappa shape index (κ2) is 7.90. The van der Waals surface area contributed by atoms with Crippen LogP contribution in [0.1, 0.15) is 18.1 Å². The van der Waals surface area contributed by atoms with Crippen molar-refractivity contribution >= 4 is 32.3 Å². The summed E-state index contributed by atoms with van der Waals surface area (Å²) in [5.74, 6) is 0. The highest BCUT2D eigenvalue weighted by atomic mass is 14.2. The minimum atomic E-state index is 0.993. The fourth-order valence-corrected chi connectivity index (χ4v) is 5.52. The lowest BCUT2D eigenvalue weighted by atomic mass is 9.81. The van der Waals surface area contributed by atoms with Crippen molar-refractivity contribution in [3.8, 4) is 22.3 Å². The molecule has 0 heterocycles. The topological polar surface area (TPSA) is 0 Å². The van der Waals surface area contributed by atoms with Crippen molar-refractivity contribution in [1.29, 1.82) is 0 Å². The number of rotatable bonds is 3. The van der Waals surface area contributed by atoms with Gasteiger partial charge in [0.25, 0.3) is 0 Å². The first-order valence-corrected chi connectivity index (χ1v) is 11.8. The molecule has 0 N–H and O–H groups in total. The first kappa shape index (κ1) is 19.8. The van der Waals surface area contributed by atoms with Crippen LogP contribution in [0.3, 0.4) is 0 Å². The van der Waals surface area contributed by atoms with Gasteiger partial charge in [0.1, 0.15) is 0 Å². The Bertz CT molecular complexity index is 1640. The molecule has 0 saturated heterocycles. The normalized spacial score (nSPS) is 11.5. The fraction of sp³-hybridized carbons (Fsp3) is 0.0909. The Hall–Kier alpha value is -3.90. The van der Waals surface area contributed by atoms with E-state index in [0.29, 0.717) is 0 Å². The van der Waals surface area contributed by atoms with Gasteiger partial charge in [-0.05, 0) is 85.1 Å². The molecule has 6 rings (SSSR count). The Morgan fingerprint density at radius 1 is 0.515 bits per heavy atom. The molecule has 0 aliphatic rings. The van der Waals surface area contributed by atoms with Crippen LogP contribution in [-0.2, 0) is 6.42 Å². The molecule has 0 heteroatoms. The predicted octanol–water partition coefficient (Wildman–Crippen LogP) is 9.35. The molecule has 158 valence electrons. The number of fused-ring (bicyclic) bond motifs is 4. The van der Waals surface area contributed by atoms with Gasteiger partial charge in [0, 0.05) is 0 Å². The van der Waals surface area contributed by atoms with Crippen LogP contribution in [-0.4, -0.2) is 0 Å². The van der Waals surface area contributed by atoms with E-state index >= 15 is 0 Å². The fourth-order valence-electron chi connectivity index (χ4n) is 5.52. The zero-order chi connectivity index (χ0) is 22.4. The van der Waals surface area contributed by atoms with Gasteiger partial charge in [0.15, 0.2) is 0 Å². The highest BCUT2D eigenvalue weighted by Crippen LogP contribution is 2.45. The van der Waals surface area contributed by atoms with Crippen LogP contribution >= 0.6 is 0 Å². The summed E-state index contributed by atoms with van der Waals surface area (Å²) in [7, 11) is 0. The summed E-state index contributed by atoms with van der Waals surface area (Å²) in [6.07, 6.45) is 0.993. The third-order valence-electron chi connectivity index (χ3n) is 7.03. The van der Waals surface area contributed by atoms with Crippen LogP contribution in [0.25, 0.3) is 54.6 Å². The van der Waals surface area contributed by atoms with Gasteiger partial charge in [-0.1, -0.05) is 110 Å². The van der Waals surface area contributed by atoms with Crippen molar-refractivity contribution in [2.24, 2.45) is 0 Å². The van der Waals surface area contributed by atoms with Crippen LogP contribution in [0.4, 0.5) is 0 Å². The van der Waals surface area contributed by atoms with Gasteiger partial charge in [0.05, 0.1) is 0 Å². The number of hydrogen-bond donors (Lipinski definition) is 0. The van der Waals surface area contributed by atoms with Gasteiger partial charge >= 0.3 is 0 Å². The maximum Gasteiger partial charge on any atom is -0.00176 e. The zero-order valence-corrected chi connectivity index (χ0v) is 19.1. The highest BCUT2D eigenvalue weighted by molar-refractivity contribution is 6.20. The average Bonchev–Trinajstić information content (AvgIpc) is 2.88. The summed E-state index contributed by atoms with van der Waals surface area (Å²) < 4.78 is 0. The van der Waals surface area contributed by atoms with Gasteiger partial charge in [-0.15, -0.1) is 0 Å². The monoisotopic (exact) mass is 422 g/mol. The van der Waals surface area contributed by atoms with Crippen molar-refractivity contribution in [3.63, 3.8) is 0 Å². The molecule has 0 atom stereocenters. The molecule has 6 aromatic carbocycles. The molecule has 0 saturated carbocycles. The van der Waals surface area contributed by atoms with E-state index in [4.69, 9.17) is 0 Å². The van der Waals surface area contributed by atoms with Crippen LogP contribution in [0.2, 0.25) is 0 Å². The lowest BCUT2D eigenvalue weighted by Gasteiger charge is -2.22. The second-order valence-electron chi connectivity index (χ2n) is 8.84. The zero-order valence-electron chi connectivity index (χ0n) is 19.1. The first-order chi connectivity index (χ1) is 16.3. The quantitative estimate of drug-likeness (QED) is 0.249. The van der Waals surface area contributed by atoms with E-state index in [1.165, 1.54) is 65.7 Å². The van der Waals surface area contributed by atoms with Crippen LogP contribution in [0.15, 0.2) is 109 Å². The SMILES string of the molecule is CCc1c(C)c(-c2ccccc2)c2ccc3ccccc3c2c1-c1ccc2ccccc2c1. The molecule has 0 radical (unpaired) electrons. The Morgan fingerprint density at radius 2 is 1.18 bits per heavy atom. The molecular weight excluding hydrogens is 396 g/mol. The third-order valence-corrected chi connectivity index (χ3v) is 7.03. The van der Waals surface area contributed by atoms with E-state index in [1.807, 2.05) is 0 Å². The lowest BCUT2D eigenvalue weighted by molar-refractivity contribution is 1.12. The summed E-state index contributed by atoms with van der Waals surface area (Å²) in [6.45, 7) is 4.60. The van der Waals surface area contributed by atoms with Gasteiger partial charge in [-0.25, -0.2) is 0 Å². The first-order valence-electron chi connectivity index (χ1n) is 11.8. The largest absolute Gasteiger partial charge is 0.0622 e. The van der Waals surface area contributed by atoms with E-state index in [9.17, 15) is 0 Å². The molecule has 6 aromatic rings. The maximum absolute atomic E-state index is 2.37. The molecule has 0 bridgehead atoms. The average molecular weight is 423 g/mol. The minimum absolute atomic E-state index is 0.993.